The van der Waals surface area contributed by atoms with E-state index in [4.69, 9.17) is 21.1 Å². The van der Waals surface area contributed by atoms with Gasteiger partial charge in [0.1, 0.15) is 0 Å². The molecule has 3 saturated heterocycles. The van der Waals surface area contributed by atoms with E-state index in [1.165, 1.54) is 0 Å². The van der Waals surface area contributed by atoms with Gasteiger partial charge in [0.05, 0.1) is 28.8 Å². The number of amides is 2. The number of allylic oxidation sites excluding steroid dienone is 1. The Kier molecular flexibility index (Phi) is 15.0. The van der Waals surface area contributed by atoms with E-state index >= 15 is 0 Å². The average Bonchev–Trinajstić information content (AvgIpc) is 3.79. The lowest BCUT2D eigenvalue weighted by atomic mass is 9.80. The molecule has 4 aromatic carbocycles. The van der Waals surface area contributed by atoms with E-state index in [-0.39, 0.29) is 42.7 Å². The normalized spacial score (nSPS) is 17.9. The first-order chi connectivity index (χ1) is 33.5. The predicted octanol–water partition coefficient (Wildman–Crippen LogP) is 7.34. The van der Waals surface area contributed by atoms with Gasteiger partial charge >= 0.3 is 11.9 Å². The van der Waals surface area contributed by atoms with Crippen LogP contribution in [0.25, 0.3) is 17.0 Å². The molecule has 4 aliphatic rings. The van der Waals surface area contributed by atoms with Crippen molar-refractivity contribution in [1.82, 2.24) is 29.4 Å². The fourth-order valence-electron chi connectivity index (χ4n) is 10.8. The van der Waals surface area contributed by atoms with Crippen molar-refractivity contribution in [2.75, 3.05) is 65.5 Å². The minimum atomic E-state index is -0.545. The van der Waals surface area contributed by atoms with Crippen molar-refractivity contribution >= 4 is 58.1 Å². The first-order valence-electron chi connectivity index (χ1n) is 24.3. The number of nitrogens with zero attached hydrogens (tertiary/aromatic N) is 6. The van der Waals surface area contributed by atoms with Crippen molar-refractivity contribution in [2.45, 2.75) is 71.1 Å². The third-order valence-corrected chi connectivity index (χ3v) is 14.8. The summed E-state index contributed by atoms with van der Waals surface area (Å²) >= 11 is 5.51. The van der Waals surface area contributed by atoms with Crippen LogP contribution in [-0.4, -0.2) is 130 Å². The number of likely N-dealkylation sites (tertiary alicyclic amines) is 2. The molecule has 14 heteroatoms. The third kappa shape index (κ3) is 11.3. The van der Waals surface area contributed by atoms with Crippen LogP contribution in [-0.2, 0) is 49.9 Å². The van der Waals surface area contributed by atoms with Crippen LogP contribution >= 0.6 is 11.6 Å². The van der Waals surface area contributed by atoms with Crippen LogP contribution in [0.15, 0.2) is 96.7 Å². The molecule has 13 nitrogen and oxygen atoms in total. The Balaban J connectivity index is 0.844. The summed E-state index contributed by atoms with van der Waals surface area (Å²) in [7, 11) is 2.18. The summed E-state index contributed by atoms with van der Waals surface area (Å²) in [6, 6.07) is 26.8. The van der Waals surface area contributed by atoms with E-state index in [9.17, 15) is 24.0 Å². The second-order valence-electron chi connectivity index (χ2n) is 19.2. The number of alkyl halides is 1. The van der Waals surface area contributed by atoms with E-state index in [2.05, 4.69) is 40.2 Å². The SMILES string of the molecule is Cc1cc(C[C@@H](CC(=O)N2CCC(C3=Cc4ccccc4CC3=O)CC2)C(=O)N2CCN(C3CCN(C)CC3)CC2)cc2cnn(COC(=O)c3ccc(Cc4ccc(C(=O)OCCl)cc4)cc3)c12. The number of ketones is 1. The van der Waals surface area contributed by atoms with Crippen LogP contribution in [0.2, 0.25) is 0 Å². The average molecular weight is 954 g/mol. The van der Waals surface area contributed by atoms with Gasteiger partial charge in [-0.2, -0.15) is 5.10 Å². The van der Waals surface area contributed by atoms with Crippen LogP contribution in [0, 0.1) is 18.8 Å². The van der Waals surface area contributed by atoms with E-state index < -0.39 is 17.9 Å². The van der Waals surface area contributed by atoms with Crippen molar-refractivity contribution in [3.8, 4) is 0 Å². The number of hydrogen-bond acceptors (Lipinski definition) is 10. The standard InChI is InChI=1S/C55H61ClN6O7/c1-37-27-40(30-47-34-57-62(52(37)47)36-69-55(67)43-13-9-39(10-14-43)28-38-7-11-42(12-8-38)54(66)68-35-56)29-46(53(65)61-25-23-59(24-26-61)48-17-19-58(2)20-18-48)33-51(64)60-21-15-41(16-22-60)49-31-44-5-3-4-6-45(44)32-50(49)63/h3-14,27,30-31,34,41,46,48H,15-26,28-29,32-33,35-36H2,1-2H3/t46-/m0/s1. The first-order valence-corrected chi connectivity index (χ1v) is 24.9. The van der Waals surface area contributed by atoms with Gasteiger partial charge in [0.15, 0.2) is 18.6 Å². The highest BCUT2D eigenvalue weighted by Gasteiger charge is 2.35. The predicted molar refractivity (Wildman–Crippen MR) is 265 cm³/mol. The zero-order valence-corrected chi connectivity index (χ0v) is 40.4. The zero-order chi connectivity index (χ0) is 48.0. The molecule has 2 amide bonds. The number of halogens is 1. The highest BCUT2D eigenvalue weighted by molar-refractivity contribution is 6.17. The largest absolute Gasteiger partial charge is 0.446 e. The number of hydrogen-bond donors (Lipinski definition) is 0. The smallest absolute Gasteiger partial charge is 0.339 e. The number of ether oxygens (including phenoxy) is 2. The number of rotatable bonds is 14. The number of aryl methyl sites for hydroxylation is 1. The van der Waals surface area contributed by atoms with Crippen molar-refractivity contribution in [3.63, 3.8) is 0 Å². The molecule has 0 bridgehead atoms. The monoisotopic (exact) mass is 952 g/mol. The summed E-state index contributed by atoms with van der Waals surface area (Å²) in [5.74, 6) is -1.22. The Bertz CT molecular complexity index is 2710. The number of piperidine rings is 2. The lowest BCUT2D eigenvalue weighted by Gasteiger charge is -2.43. The van der Waals surface area contributed by atoms with Gasteiger partial charge in [0.2, 0.25) is 11.8 Å². The van der Waals surface area contributed by atoms with Gasteiger partial charge in [-0.25, -0.2) is 14.3 Å². The van der Waals surface area contributed by atoms with Crippen LogP contribution in [0.1, 0.15) is 86.2 Å². The quantitative estimate of drug-likeness (QED) is 0.0823. The summed E-state index contributed by atoms with van der Waals surface area (Å²) in [6.07, 6.45) is 9.08. The minimum Gasteiger partial charge on any atom is -0.446 e. The second kappa shape index (κ2) is 21.6. The lowest BCUT2D eigenvalue weighted by Crippen LogP contribution is -2.55. The summed E-state index contributed by atoms with van der Waals surface area (Å²) in [5, 5.41) is 5.45. The molecule has 360 valence electrons. The summed E-state index contributed by atoms with van der Waals surface area (Å²) in [5.41, 5.74) is 8.55. The van der Waals surface area contributed by atoms with E-state index in [0.717, 1.165) is 102 Å². The molecule has 0 saturated carbocycles. The van der Waals surface area contributed by atoms with Crippen LogP contribution in [0.3, 0.4) is 0 Å². The number of benzene rings is 4. The van der Waals surface area contributed by atoms with Crippen molar-refractivity contribution in [1.29, 1.82) is 0 Å². The molecule has 4 heterocycles. The van der Waals surface area contributed by atoms with Gasteiger partial charge in [-0.3, -0.25) is 19.3 Å². The molecule has 5 aromatic rings. The second-order valence-corrected chi connectivity index (χ2v) is 19.4. The molecular weight excluding hydrogens is 892 g/mol. The van der Waals surface area contributed by atoms with E-state index in [0.29, 0.717) is 62.6 Å². The Hall–Kier alpha value is -6.15. The fourth-order valence-corrected chi connectivity index (χ4v) is 10.9. The molecule has 0 spiro atoms. The number of carbonyl (C=O) groups is 5. The highest BCUT2D eigenvalue weighted by atomic mass is 35.5. The molecule has 69 heavy (non-hydrogen) atoms. The Morgan fingerprint density at radius 2 is 1.41 bits per heavy atom. The van der Waals surface area contributed by atoms with Gasteiger partial charge in [-0.05, 0) is 147 Å². The highest BCUT2D eigenvalue weighted by Crippen LogP contribution is 2.33. The molecule has 1 aromatic heterocycles. The molecule has 3 fully saturated rings. The molecule has 1 atom stereocenters. The number of aromatic nitrogens is 2. The van der Waals surface area contributed by atoms with Gasteiger partial charge < -0.3 is 24.2 Å². The molecule has 3 aliphatic heterocycles. The van der Waals surface area contributed by atoms with Crippen molar-refractivity contribution < 1.29 is 33.4 Å². The van der Waals surface area contributed by atoms with Gasteiger partial charge in [0, 0.05) is 63.5 Å². The first kappa shape index (κ1) is 47.9. The Labute approximate surface area is 409 Å². The van der Waals surface area contributed by atoms with Gasteiger partial charge in [-0.15, -0.1) is 0 Å². The van der Waals surface area contributed by atoms with Gasteiger partial charge in [-0.1, -0.05) is 66.2 Å². The van der Waals surface area contributed by atoms with Crippen LogP contribution in [0.5, 0.6) is 0 Å². The van der Waals surface area contributed by atoms with Crippen molar-refractivity contribution in [3.05, 3.63) is 141 Å². The minimum absolute atomic E-state index is 0.0204. The molecule has 9 rings (SSSR count). The summed E-state index contributed by atoms with van der Waals surface area (Å²) in [4.78, 5) is 76.0. The molecule has 0 radical (unpaired) electrons. The molecule has 0 N–H and O–H groups in total. The van der Waals surface area contributed by atoms with E-state index in [1.54, 1.807) is 35.1 Å². The van der Waals surface area contributed by atoms with Crippen LogP contribution in [0.4, 0.5) is 0 Å². The maximum absolute atomic E-state index is 14.6. The maximum Gasteiger partial charge on any atom is 0.339 e. The fraction of sp³-hybridized carbons (Fsp3) is 0.418. The summed E-state index contributed by atoms with van der Waals surface area (Å²) < 4.78 is 12.3. The molecule has 0 unspecified atom stereocenters. The number of Topliss-reactive ketones (excluding diaryl/α,β-unsaturated/α-hetero) is 1. The van der Waals surface area contributed by atoms with Crippen molar-refractivity contribution in [2.24, 2.45) is 11.8 Å². The number of fused-ring (bicyclic) bond motifs is 2. The topological polar surface area (TPSA) is 135 Å². The molecule has 1 aliphatic carbocycles. The number of esters is 2. The Morgan fingerprint density at radius 3 is 2.07 bits per heavy atom. The van der Waals surface area contributed by atoms with Crippen LogP contribution < -0.4 is 0 Å². The Morgan fingerprint density at radius 1 is 0.754 bits per heavy atom. The molecular formula is C55H61ClN6O7. The number of piperazine rings is 1. The zero-order valence-electron chi connectivity index (χ0n) is 39.6. The van der Waals surface area contributed by atoms with Gasteiger partial charge in [0.25, 0.3) is 0 Å². The summed E-state index contributed by atoms with van der Waals surface area (Å²) in [6.45, 7) is 8.15. The number of carbonyl (C=O) groups excluding carboxylic acids is 5. The lowest BCUT2D eigenvalue weighted by molar-refractivity contribution is -0.143. The third-order valence-electron chi connectivity index (χ3n) is 14.7. The maximum atomic E-state index is 14.6. The van der Waals surface area contributed by atoms with E-state index in [1.807, 2.05) is 65.3 Å².